The molecule has 0 atom stereocenters. The van der Waals surface area contributed by atoms with Crippen molar-refractivity contribution in [2.75, 3.05) is 0 Å². The second-order valence-electron chi connectivity index (χ2n) is 6.28. The van der Waals surface area contributed by atoms with Gasteiger partial charge in [0.1, 0.15) is 0 Å². The summed E-state index contributed by atoms with van der Waals surface area (Å²) in [6.45, 7) is 2.04. The lowest BCUT2D eigenvalue weighted by Crippen LogP contribution is -2.34. The van der Waals surface area contributed by atoms with E-state index in [0.29, 0.717) is 11.7 Å². The number of benzene rings is 1. The van der Waals surface area contributed by atoms with E-state index in [2.05, 4.69) is 21.2 Å². The van der Waals surface area contributed by atoms with Crippen LogP contribution < -0.4 is 5.73 Å². The molecule has 0 bridgehead atoms. The molecule has 118 valence electrons. The van der Waals surface area contributed by atoms with Crippen LogP contribution in [-0.2, 0) is 5.54 Å². The van der Waals surface area contributed by atoms with Crippen molar-refractivity contribution in [1.82, 2.24) is 19.7 Å². The monoisotopic (exact) mass is 309 g/mol. The molecule has 1 fully saturated rings. The van der Waals surface area contributed by atoms with Gasteiger partial charge in [-0.2, -0.15) is 4.98 Å². The second-order valence-corrected chi connectivity index (χ2v) is 6.28. The molecule has 1 saturated carbocycles. The zero-order chi connectivity index (χ0) is 15.9. The Morgan fingerprint density at radius 3 is 2.83 bits per heavy atom. The minimum atomic E-state index is -0.444. The zero-order valence-corrected chi connectivity index (χ0v) is 13.1. The van der Waals surface area contributed by atoms with E-state index in [4.69, 9.17) is 10.3 Å². The number of nitrogens with two attached hydrogens (primary N) is 1. The van der Waals surface area contributed by atoms with E-state index in [1.54, 1.807) is 12.5 Å². The summed E-state index contributed by atoms with van der Waals surface area (Å²) in [6.07, 6.45) is 9.45. The second kappa shape index (κ2) is 5.31. The predicted molar refractivity (Wildman–Crippen MR) is 85.9 cm³/mol. The molecule has 0 aliphatic heterocycles. The van der Waals surface area contributed by atoms with Gasteiger partial charge in [-0.05, 0) is 31.9 Å². The maximum atomic E-state index is 6.43. The van der Waals surface area contributed by atoms with Crippen LogP contribution in [0.3, 0.4) is 0 Å². The Morgan fingerprint density at radius 2 is 2.09 bits per heavy atom. The Morgan fingerprint density at radius 1 is 1.26 bits per heavy atom. The fourth-order valence-electron chi connectivity index (χ4n) is 3.21. The summed E-state index contributed by atoms with van der Waals surface area (Å²) in [6, 6.07) is 6.13. The van der Waals surface area contributed by atoms with Gasteiger partial charge in [0.15, 0.2) is 5.82 Å². The summed E-state index contributed by atoms with van der Waals surface area (Å²) in [4.78, 5) is 8.72. The van der Waals surface area contributed by atoms with Crippen LogP contribution in [0, 0.1) is 6.92 Å². The average molecular weight is 309 g/mol. The van der Waals surface area contributed by atoms with Gasteiger partial charge in [0, 0.05) is 12.4 Å². The van der Waals surface area contributed by atoms with Gasteiger partial charge in [-0.1, -0.05) is 29.6 Å². The minimum Gasteiger partial charge on any atom is -0.334 e. The van der Waals surface area contributed by atoms with Gasteiger partial charge in [-0.15, -0.1) is 0 Å². The lowest BCUT2D eigenvalue weighted by atomic mass is 9.98. The van der Waals surface area contributed by atoms with E-state index < -0.39 is 5.54 Å². The quantitative estimate of drug-likeness (QED) is 0.804. The zero-order valence-electron chi connectivity index (χ0n) is 13.1. The molecule has 23 heavy (non-hydrogen) atoms. The van der Waals surface area contributed by atoms with E-state index in [1.807, 2.05) is 29.8 Å². The van der Waals surface area contributed by atoms with Gasteiger partial charge in [-0.25, -0.2) is 4.98 Å². The molecule has 3 aromatic rings. The Hall–Kier alpha value is -2.47. The number of hydrogen-bond acceptors (Lipinski definition) is 5. The van der Waals surface area contributed by atoms with E-state index >= 15 is 0 Å². The molecule has 0 spiro atoms. The molecule has 1 aliphatic carbocycles. The maximum Gasteiger partial charge on any atom is 0.260 e. The van der Waals surface area contributed by atoms with Crippen LogP contribution >= 0.6 is 0 Å². The average Bonchev–Trinajstić information content (AvgIpc) is 3.29. The number of nitrogens with zero attached hydrogens (tertiary/aromatic N) is 4. The largest absolute Gasteiger partial charge is 0.334 e. The van der Waals surface area contributed by atoms with Gasteiger partial charge in [-0.3, -0.25) is 0 Å². The number of rotatable bonds is 3. The smallest absolute Gasteiger partial charge is 0.260 e. The highest BCUT2D eigenvalue weighted by molar-refractivity contribution is 5.67. The van der Waals surface area contributed by atoms with Crippen molar-refractivity contribution in [1.29, 1.82) is 0 Å². The third kappa shape index (κ3) is 2.45. The SMILES string of the molecule is Cc1ccc(-n2ccnc2)c(-c2nc(C3(N)CCCC3)no2)c1. The van der Waals surface area contributed by atoms with E-state index in [0.717, 1.165) is 42.5 Å². The summed E-state index contributed by atoms with van der Waals surface area (Å²) in [5, 5.41) is 4.16. The molecule has 2 aromatic heterocycles. The van der Waals surface area contributed by atoms with Gasteiger partial charge >= 0.3 is 0 Å². The summed E-state index contributed by atoms with van der Waals surface area (Å²) in [5.41, 5.74) is 8.97. The van der Waals surface area contributed by atoms with Crippen molar-refractivity contribution in [3.8, 4) is 17.1 Å². The molecule has 0 unspecified atom stereocenters. The molecule has 1 aromatic carbocycles. The molecule has 2 heterocycles. The van der Waals surface area contributed by atoms with Crippen molar-refractivity contribution in [2.24, 2.45) is 5.73 Å². The molecule has 4 rings (SSSR count). The van der Waals surface area contributed by atoms with Crippen molar-refractivity contribution in [3.05, 3.63) is 48.3 Å². The predicted octanol–water partition coefficient (Wildman–Crippen LogP) is 2.96. The highest BCUT2D eigenvalue weighted by Gasteiger charge is 2.36. The van der Waals surface area contributed by atoms with E-state index in [1.165, 1.54) is 0 Å². The molecule has 0 amide bonds. The third-order valence-corrected chi connectivity index (χ3v) is 4.53. The van der Waals surface area contributed by atoms with Gasteiger partial charge in [0.2, 0.25) is 0 Å². The van der Waals surface area contributed by atoms with E-state index in [9.17, 15) is 0 Å². The topological polar surface area (TPSA) is 82.8 Å². The standard InChI is InChI=1S/C17H19N5O/c1-12-4-5-14(22-9-8-19-11-22)13(10-12)15-20-16(21-23-15)17(18)6-2-3-7-17/h4-5,8-11H,2-3,6-7,18H2,1H3. The molecular formula is C17H19N5O. The summed E-state index contributed by atoms with van der Waals surface area (Å²) < 4.78 is 7.48. The van der Waals surface area contributed by atoms with Crippen molar-refractivity contribution in [3.63, 3.8) is 0 Å². The lowest BCUT2D eigenvalue weighted by molar-refractivity contribution is 0.372. The first kappa shape index (κ1) is 14.1. The molecule has 6 heteroatoms. The third-order valence-electron chi connectivity index (χ3n) is 4.53. The number of hydrogen-bond donors (Lipinski definition) is 1. The number of aryl methyl sites for hydroxylation is 1. The fraction of sp³-hybridized carbons (Fsp3) is 0.353. The minimum absolute atomic E-state index is 0.444. The van der Waals surface area contributed by atoms with Gasteiger partial charge in [0.25, 0.3) is 5.89 Å². The Balaban J connectivity index is 1.79. The fourth-order valence-corrected chi connectivity index (χ4v) is 3.21. The van der Waals surface area contributed by atoms with E-state index in [-0.39, 0.29) is 0 Å². The summed E-state index contributed by atoms with van der Waals surface area (Å²) >= 11 is 0. The Bertz CT molecular complexity index is 815. The molecule has 0 saturated heterocycles. The van der Waals surface area contributed by atoms with Crippen molar-refractivity contribution >= 4 is 0 Å². The van der Waals surface area contributed by atoms with Crippen molar-refractivity contribution < 1.29 is 4.52 Å². The van der Waals surface area contributed by atoms with Crippen molar-refractivity contribution in [2.45, 2.75) is 38.1 Å². The molecule has 1 aliphatic rings. The first-order chi connectivity index (χ1) is 11.2. The van der Waals surface area contributed by atoms with Gasteiger partial charge in [0.05, 0.1) is 23.1 Å². The van der Waals surface area contributed by atoms with Crippen LogP contribution in [0.2, 0.25) is 0 Å². The highest BCUT2D eigenvalue weighted by Crippen LogP contribution is 2.36. The van der Waals surface area contributed by atoms with Gasteiger partial charge < -0.3 is 14.8 Å². The lowest BCUT2D eigenvalue weighted by Gasteiger charge is -2.17. The number of aromatic nitrogens is 4. The van der Waals surface area contributed by atoms with Crippen LogP contribution in [0.15, 0.2) is 41.4 Å². The van der Waals surface area contributed by atoms with Crippen LogP contribution in [-0.4, -0.2) is 19.7 Å². The first-order valence-electron chi connectivity index (χ1n) is 7.88. The summed E-state index contributed by atoms with van der Waals surface area (Å²) in [7, 11) is 0. The molecular weight excluding hydrogens is 290 g/mol. The van der Waals surface area contributed by atoms with Crippen LogP contribution in [0.1, 0.15) is 37.1 Å². The Labute approximate surface area is 134 Å². The highest BCUT2D eigenvalue weighted by atomic mass is 16.5. The Kier molecular flexibility index (Phi) is 3.27. The van der Waals surface area contributed by atoms with Crippen LogP contribution in [0.25, 0.3) is 17.1 Å². The number of imidazole rings is 1. The molecule has 6 nitrogen and oxygen atoms in total. The normalized spacial score (nSPS) is 16.8. The van der Waals surface area contributed by atoms with Crippen LogP contribution in [0.4, 0.5) is 0 Å². The molecule has 0 radical (unpaired) electrons. The van der Waals surface area contributed by atoms with Crippen LogP contribution in [0.5, 0.6) is 0 Å². The first-order valence-corrected chi connectivity index (χ1v) is 7.88. The molecule has 2 N–H and O–H groups in total. The summed E-state index contributed by atoms with van der Waals surface area (Å²) in [5.74, 6) is 1.12. The maximum absolute atomic E-state index is 6.43.